The first-order chi connectivity index (χ1) is 13.7. The predicted octanol–water partition coefficient (Wildman–Crippen LogP) is 6.33. The molecule has 1 aliphatic rings. The van der Waals surface area contributed by atoms with E-state index < -0.39 is 0 Å². The number of hydrogen-bond donors (Lipinski definition) is 1. The molecule has 0 amide bonds. The summed E-state index contributed by atoms with van der Waals surface area (Å²) in [5, 5.41) is 0.969. The van der Waals surface area contributed by atoms with E-state index in [0.717, 1.165) is 40.6 Å². The van der Waals surface area contributed by atoms with Crippen LogP contribution in [-0.2, 0) is 0 Å². The van der Waals surface area contributed by atoms with Crippen LogP contribution in [0.1, 0.15) is 55.8 Å². The highest BCUT2D eigenvalue weighted by molar-refractivity contribution is 5.82. The van der Waals surface area contributed by atoms with Crippen LogP contribution in [0.2, 0.25) is 0 Å². The van der Waals surface area contributed by atoms with Gasteiger partial charge in [-0.05, 0) is 79.5 Å². The Hall–Kier alpha value is -2.75. The maximum atomic E-state index is 13.8. The minimum atomic E-state index is -0.186. The fourth-order valence-electron chi connectivity index (χ4n) is 4.84. The molecule has 0 saturated heterocycles. The number of para-hydroxylation sites is 2. The Bertz CT molecular complexity index is 1090. The first kappa shape index (κ1) is 17.4. The van der Waals surface area contributed by atoms with E-state index >= 15 is 0 Å². The van der Waals surface area contributed by atoms with E-state index in [1.54, 1.807) is 12.1 Å². The molecule has 0 aliphatic heterocycles. The molecule has 1 atom stereocenters. The molecule has 0 radical (unpaired) electrons. The van der Waals surface area contributed by atoms with E-state index in [-0.39, 0.29) is 5.82 Å². The summed E-state index contributed by atoms with van der Waals surface area (Å²) in [7, 11) is 0. The lowest BCUT2D eigenvalue weighted by molar-refractivity contribution is 0.286. The molecule has 5 rings (SSSR count). The van der Waals surface area contributed by atoms with Gasteiger partial charge >= 0.3 is 0 Å². The van der Waals surface area contributed by atoms with Crippen LogP contribution in [0.15, 0.2) is 54.7 Å². The quantitative estimate of drug-likeness (QED) is 0.456. The first-order valence-electron chi connectivity index (χ1n) is 10.2. The van der Waals surface area contributed by atoms with E-state index in [2.05, 4.69) is 35.1 Å². The number of benzene rings is 2. The van der Waals surface area contributed by atoms with Gasteiger partial charge in [-0.1, -0.05) is 19.1 Å². The second-order valence-corrected chi connectivity index (χ2v) is 8.10. The molecule has 3 nitrogen and oxygen atoms in total. The summed E-state index contributed by atoms with van der Waals surface area (Å²) in [6.07, 6.45) is 6.46. The Kier molecular flexibility index (Phi) is 4.34. The Morgan fingerprint density at radius 3 is 2.64 bits per heavy atom. The van der Waals surface area contributed by atoms with Crippen molar-refractivity contribution in [3.8, 4) is 0 Å². The highest BCUT2D eigenvalue weighted by Gasteiger charge is 2.29. The number of aromatic nitrogens is 3. The molecule has 0 spiro atoms. The summed E-state index contributed by atoms with van der Waals surface area (Å²) >= 11 is 0. The standard InChI is InChI=1S/C24H24FN3/c1-15(24-27-22-4-2-3-5-23(22)28-24)16-6-8-17(9-7-16)19-12-13-26-21-11-10-18(25)14-20(19)21/h2-5,10-17H,6-9H2,1H3,(H,27,28)/t15-,16-,17+/m1/s1. The molecule has 0 unspecified atom stereocenters. The van der Waals surface area contributed by atoms with Crippen molar-refractivity contribution < 1.29 is 4.39 Å². The molecule has 2 heterocycles. The zero-order chi connectivity index (χ0) is 19.1. The molecule has 4 aromatic rings. The minimum Gasteiger partial charge on any atom is -0.342 e. The third kappa shape index (κ3) is 3.07. The number of nitrogens with one attached hydrogen (secondary N) is 1. The third-order valence-electron chi connectivity index (χ3n) is 6.50. The molecule has 1 N–H and O–H groups in total. The molecule has 1 fully saturated rings. The van der Waals surface area contributed by atoms with Crippen LogP contribution in [0.4, 0.5) is 4.39 Å². The van der Waals surface area contributed by atoms with E-state index in [9.17, 15) is 4.39 Å². The van der Waals surface area contributed by atoms with Gasteiger partial charge in [-0.25, -0.2) is 9.37 Å². The molecule has 4 heteroatoms. The summed E-state index contributed by atoms with van der Waals surface area (Å²) in [5.74, 6) is 2.43. The van der Waals surface area contributed by atoms with Gasteiger partial charge in [0.15, 0.2) is 0 Å². The molecule has 2 aromatic carbocycles. The van der Waals surface area contributed by atoms with Gasteiger partial charge in [-0.15, -0.1) is 0 Å². The Morgan fingerprint density at radius 1 is 1.00 bits per heavy atom. The van der Waals surface area contributed by atoms with Gasteiger partial charge in [0.05, 0.1) is 16.6 Å². The summed E-state index contributed by atoms with van der Waals surface area (Å²) in [6, 6.07) is 15.2. The lowest BCUT2D eigenvalue weighted by Crippen LogP contribution is -2.19. The molecule has 2 aromatic heterocycles. The Morgan fingerprint density at radius 2 is 1.82 bits per heavy atom. The number of pyridine rings is 1. The number of hydrogen-bond acceptors (Lipinski definition) is 2. The van der Waals surface area contributed by atoms with Crippen LogP contribution >= 0.6 is 0 Å². The van der Waals surface area contributed by atoms with E-state index in [0.29, 0.717) is 17.8 Å². The van der Waals surface area contributed by atoms with Crippen molar-refractivity contribution in [3.63, 3.8) is 0 Å². The topological polar surface area (TPSA) is 41.6 Å². The van der Waals surface area contributed by atoms with Gasteiger partial charge in [0, 0.05) is 17.5 Å². The van der Waals surface area contributed by atoms with E-state index in [4.69, 9.17) is 4.98 Å². The van der Waals surface area contributed by atoms with Crippen molar-refractivity contribution in [3.05, 3.63) is 71.9 Å². The summed E-state index contributed by atoms with van der Waals surface area (Å²) in [4.78, 5) is 12.7. The van der Waals surface area contributed by atoms with Crippen LogP contribution in [0.3, 0.4) is 0 Å². The van der Waals surface area contributed by atoms with Crippen molar-refractivity contribution in [1.29, 1.82) is 0 Å². The zero-order valence-electron chi connectivity index (χ0n) is 16.0. The summed E-state index contributed by atoms with van der Waals surface area (Å²) < 4.78 is 13.8. The Balaban J connectivity index is 1.34. The van der Waals surface area contributed by atoms with Gasteiger partial charge in [-0.2, -0.15) is 0 Å². The summed E-state index contributed by atoms with van der Waals surface area (Å²) in [5.41, 5.74) is 4.29. The fraction of sp³-hybridized carbons (Fsp3) is 0.333. The highest BCUT2D eigenvalue weighted by atomic mass is 19.1. The second kappa shape index (κ2) is 7.01. The maximum absolute atomic E-state index is 13.8. The van der Waals surface area contributed by atoms with Crippen LogP contribution < -0.4 is 0 Å². The maximum Gasteiger partial charge on any atom is 0.123 e. The number of fused-ring (bicyclic) bond motifs is 2. The van der Waals surface area contributed by atoms with Gasteiger partial charge in [-0.3, -0.25) is 4.98 Å². The van der Waals surface area contributed by atoms with Crippen molar-refractivity contribution in [2.75, 3.05) is 0 Å². The van der Waals surface area contributed by atoms with Gasteiger partial charge in [0.25, 0.3) is 0 Å². The van der Waals surface area contributed by atoms with Gasteiger partial charge in [0.2, 0.25) is 0 Å². The number of aromatic amines is 1. The van der Waals surface area contributed by atoms with Crippen LogP contribution in [0, 0.1) is 11.7 Å². The Labute approximate surface area is 164 Å². The molecule has 142 valence electrons. The van der Waals surface area contributed by atoms with Crippen LogP contribution in [-0.4, -0.2) is 15.0 Å². The van der Waals surface area contributed by atoms with Crippen molar-refractivity contribution in [2.45, 2.75) is 44.4 Å². The molecule has 1 aliphatic carbocycles. The number of imidazole rings is 1. The number of halogens is 1. The van der Waals surface area contributed by atoms with Crippen LogP contribution in [0.25, 0.3) is 21.9 Å². The average Bonchev–Trinajstić information content (AvgIpc) is 3.17. The van der Waals surface area contributed by atoms with E-state index in [1.165, 1.54) is 24.5 Å². The molecular weight excluding hydrogens is 349 g/mol. The van der Waals surface area contributed by atoms with E-state index in [1.807, 2.05) is 18.3 Å². The van der Waals surface area contributed by atoms with Crippen molar-refractivity contribution in [2.24, 2.45) is 5.92 Å². The van der Waals surface area contributed by atoms with Crippen molar-refractivity contribution >= 4 is 21.9 Å². The smallest absolute Gasteiger partial charge is 0.123 e. The predicted molar refractivity (Wildman–Crippen MR) is 111 cm³/mol. The van der Waals surface area contributed by atoms with Crippen molar-refractivity contribution in [1.82, 2.24) is 15.0 Å². The van der Waals surface area contributed by atoms with Gasteiger partial charge in [0.1, 0.15) is 11.6 Å². The number of nitrogens with zero attached hydrogens (tertiary/aromatic N) is 2. The minimum absolute atomic E-state index is 0.186. The lowest BCUT2D eigenvalue weighted by atomic mass is 9.73. The molecular formula is C24H24FN3. The normalized spacial score (nSPS) is 21.2. The largest absolute Gasteiger partial charge is 0.342 e. The number of rotatable bonds is 3. The lowest BCUT2D eigenvalue weighted by Gasteiger charge is -2.32. The average molecular weight is 373 g/mol. The van der Waals surface area contributed by atoms with Gasteiger partial charge < -0.3 is 4.98 Å². The highest BCUT2D eigenvalue weighted by Crippen LogP contribution is 2.42. The SMILES string of the molecule is C[C@@H](c1nc2ccccc2[nH]1)[C@H]1CC[C@@H](c2ccnc3ccc(F)cc32)CC1. The van der Waals surface area contributed by atoms with Crippen LogP contribution in [0.5, 0.6) is 0 Å². The fourth-order valence-corrected chi connectivity index (χ4v) is 4.84. The zero-order valence-corrected chi connectivity index (χ0v) is 16.0. The molecule has 28 heavy (non-hydrogen) atoms. The third-order valence-corrected chi connectivity index (χ3v) is 6.50. The summed E-state index contributed by atoms with van der Waals surface area (Å²) in [6.45, 7) is 2.29. The molecule has 0 bridgehead atoms. The monoisotopic (exact) mass is 373 g/mol. The second-order valence-electron chi connectivity index (χ2n) is 8.10. The first-order valence-corrected chi connectivity index (χ1v) is 10.2. The number of H-pyrrole nitrogens is 1. The molecule has 1 saturated carbocycles.